The second-order valence-electron chi connectivity index (χ2n) is 4.99. The van der Waals surface area contributed by atoms with Crippen molar-refractivity contribution >= 4 is 10.8 Å². The first-order chi connectivity index (χ1) is 7.49. The summed E-state index contributed by atoms with van der Waals surface area (Å²) in [5.74, 6) is 1.61. The van der Waals surface area contributed by atoms with Crippen molar-refractivity contribution in [1.29, 1.82) is 0 Å². The van der Waals surface area contributed by atoms with E-state index in [0.29, 0.717) is 12.1 Å². The topological polar surface area (TPSA) is 29.1 Å². The van der Waals surface area contributed by atoms with E-state index in [9.17, 15) is 4.21 Å². The highest BCUT2D eigenvalue weighted by Gasteiger charge is 2.13. The van der Waals surface area contributed by atoms with Gasteiger partial charge in [-0.2, -0.15) is 0 Å². The fourth-order valence-corrected chi connectivity index (χ4v) is 2.52. The van der Waals surface area contributed by atoms with Gasteiger partial charge in [-0.1, -0.05) is 27.2 Å². The van der Waals surface area contributed by atoms with E-state index in [1.54, 1.807) is 6.26 Å². The van der Waals surface area contributed by atoms with Crippen molar-refractivity contribution in [1.82, 2.24) is 5.32 Å². The smallest absolute Gasteiger partial charge is 0.0246 e. The van der Waals surface area contributed by atoms with Crippen LogP contribution < -0.4 is 5.32 Å². The summed E-state index contributed by atoms with van der Waals surface area (Å²) in [6.45, 7) is 9.01. The van der Waals surface area contributed by atoms with Crippen molar-refractivity contribution in [3.05, 3.63) is 0 Å². The van der Waals surface area contributed by atoms with Crippen molar-refractivity contribution in [3.63, 3.8) is 0 Å². The van der Waals surface area contributed by atoms with Crippen LogP contribution in [0.4, 0.5) is 0 Å². The molecule has 2 nitrogen and oxygen atoms in total. The lowest BCUT2D eigenvalue weighted by molar-refractivity contribution is 0.353. The highest BCUT2D eigenvalue weighted by Crippen LogP contribution is 2.13. The molecule has 4 atom stereocenters. The van der Waals surface area contributed by atoms with Crippen LogP contribution in [0.15, 0.2) is 0 Å². The molecule has 16 heavy (non-hydrogen) atoms. The number of rotatable bonds is 9. The van der Waals surface area contributed by atoms with Crippen LogP contribution in [0.1, 0.15) is 53.4 Å². The minimum Gasteiger partial charge on any atom is -0.311 e. The maximum absolute atomic E-state index is 11.0. The number of hydrogen-bond donors (Lipinski definition) is 1. The van der Waals surface area contributed by atoms with Crippen LogP contribution in [-0.4, -0.2) is 28.3 Å². The molecule has 4 unspecified atom stereocenters. The molecule has 0 radical (unpaired) electrons. The monoisotopic (exact) mass is 247 g/mol. The number of nitrogens with one attached hydrogen (secondary N) is 1. The average Bonchev–Trinajstić information content (AvgIpc) is 2.25. The molecule has 3 heteroatoms. The quantitative estimate of drug-likeness (QED) is 0.679. The van der Waals surface area contributed by atoms with Crippen LogP contribution >= 0.6 is 0 Å². The third-order valence-corrected chi connectivity index (χ3v) is 4.05. The van der Waals surface area contributed by atoms with E-state index < -0.39 is 10.8 Å². The lowest BCUT2D eigenvalue weighted by Crippen LogP contribution is -2.37. The molecular formula is C13H29NOS. The van der Waals surface area contributed by atoms with Gasteiger partial charge in [-0.05, 0) is 32.1 Å². The molecule has 0 bridgehead atoms. The summed E-state index contributed by atoms with van der Waals surface area (Å²) >= 11 is 0. The van der Waals surface area contributed by atoms with E-state index in [1.807, 2.05) is 0 Å². The summed E-state index contributed by atoms with van der Waals surface area (Å²) < 4.78 is 11.0. The molecule has 0 aromatic heterocycles. The zero-order valence-electron chi connectivity index (χ0n) is 11.6. The maximum atomic E-state index is 11.0. The first kappa shape index (κ1) is 16.1. The molecular weight excluding hydrogens is 218 g/mol. The predicted molar refractivity (Wildman–Crippen MR) is 74.3 cm³/mol. The molecule has 0 fully saturated rings. The zero-order chi connectivity index (χ0) is 12.6. The van der Waals surface area contributed by atoms with Crippen molar-refractivity contribution in [2.75, 3.05) is 12.0 Å². The summed E-state index contributed by atoms with van der Waals surface area (Å²) in [5, 5.41) is 3.65. The molecule has 98 valence electrons. The van der Waals surface area contributed by atoms with Crippen LogP contribution in [0, 0.1) is 5.92 Å². The van der Waals surface area contributed by atoms with E-state index >= 15 is 0 Å². The second kappa shape index (κ2) is 9.17. The van der Waals surface area contributed by atoms with Crippen LogP contribution in [0.3, 0.4) is 0 Å². The Morgan fingerprint density at radius 3 is 2.25 bits per heavy atom. The average molecular weight is 247 g/mol. The van der Waals surface area contributed by atoms with E-state index in [-0.39, 0.29) is 0 Å². The third-order valence-electron chi connectivity index (χ3n) is 3.24. The van der Waals surface area contributed by atoms with E-state index in [1.165, 1.54) is 19.3 Å². The Labute approximate surface area is 104 Å². The molecule has 0 aromatic carbocycles. The normalized spacial score (nSPS) is 19.1. The fourth-order valence-electron chi connectivity index (χ4n) is 1.83. The molecule has 0 heterocycles. The SMILES string of the molecule is CCC(C)CC(CC)NC(C)CCS(C)=O. The van der Waals surface area contributed by atoms with Crippen LogP contribution in [0.5, 0.6) is 0 Å². The van der Waals surface area contributed by atoms with Crippen molar-refractivity contribution in [3.8, 4) is 0 Å². The summed E-state index contributed by atoms with van der Waals surface area (Å²) in [6, 6.07) is 1.10. The molecule has 0 aliphatic carbocycles. The van der Waals surface area contributed by atoms with Crippen LogP contribution in [0.2, 0.25) is 0 Å². The minimum atomic E-state index is -0.655. The fraction of sp³-hybridized carbons (Fsp3) is 1.00. The van der Waals surface area contributed by atoms with Gasteiger partial charge in [0.15, 0.2) is 0 Å². The Kier molecular flexibility index (Phi) is 9.24. The number of hydrogen-bond acceptors (Lipinski definition) is 2. The molecule has 1 N–H and O–H groups in total. The molecule has 0 aliphatic rings. The van der Waals surface area contributed by atoms with Gasteiger partial charge in [-0.15, -0.1) is 0 Å². The molecule has 0 saturated heterocycles. The lowest BCUT2D eigenvalue weighted by Gasteiger charge is -2.24. The maximum Gasteiger partial charge on any atom is 0.0246 e. The van der Waals surface area contributed by atoms with Gasteiger partial charge >= 0.3 is 0 Å². The molecule has 0 rings (SSSR count). The summed E-state index contributed by atoms with van der Waals surface area (Å²) in [7, 11) is -0.655. The highest BCUT2D eigenvalue weighted by atomic mass is 32.2. The van der Waals surface area contributed by atoms with Gasteiger partial charge < -0.3 is 5.32 Å². The van der Waals surface area contributed by atoms with Crippen molar-refractivity contribution in [2.24, 2.45) is 5.92 Å². The first-order valence-corrected chi connectivity index (χ1v) is 8.28. The molecule has 0 aliphatic heterocycles. The molecule has 0 amide bonds. The van der Waals surface area contributed by atoms with Gasteiger partial charge in [0.05, 0.1) is 0 Å². The van der Waals surface area contributed by atoms with Gasteiger partial charge in [0.1, 0.15) is 0 Å². The van der Waals surface area contributed by atoms with E-state index in [4.69, 9.17) is 0 Å². The van der Waals surface area contributed by atoms with Crippen molar-refractivity contribution < 1.29 is 4.21 Å². The second-order valence-corrected chi connectivity index (χ2v) is 6.54. The molecule has 0 spiro atoms. The first-order valence-electron chi connectivity index (χ1n) is 6.55. The van der Waals surface area contributed by atoms with Gasteiger partial charge in [0.25, 0.3) is 0 Å². The largest absolute Gasteiger partial charge is 0.311 e. The lowest BCUT2D eigenvalue weighted by atomic mass is 9.97. The van der Waals surface area contributed by atoms with Gasteiger partial charge in [-0.25, -0.2) is 0 Å². The Bertz CT molecular complexity index is 196. The van der Waals surface area contributed by atoms with Crippen molar-refractivity contribution in [2.45, 2.75) is 65.5 Å². The Hall–Kier alpha value is 0.110. The summed E-state index contributed by atoms with van der Waals surface area (Å²) in [5.41, 5.74) is 0. The van der Waals surface area contributed by atoms with Gasteiger partial charge in [-0.3, -0.25) is 4.21 Å². The Morgan fingerprint density at radius 2 is 1.81 bits per heavy atom. The summed E-state index contributed by atoms with van der Waals surface area (Å²) in [6.07, 6.45) is 6.49. The van der Waals surface area contributed by atoms with E-state index in [0.717, 1.165) is 18.1 Å². The third kappa shape index (κ3) is 8.28. The highest BCUT2D eigenvalue weighted by molar-refractivity contribution is 7.84. The summed E-state index contributed by atoms with van der Waals surface area (Å²) in [4.78, 5) is 0. The Morgan fingerprint density at radius 1 is 1.19 bits per heavy atom. The van der Waals surface area contributed by atoms with Crippen LogP contribution in [-0.2, 0) is 10.8 Å². The van der Waals surface area contributed by atoms with Crippen LogP contribution in [0.25, 0.3) is 0 Å². The molecule has 0 saturated carbocycles. The van der Waals surface area contributed by atoms with Gasteiger partial charge in [0, 0.05) is 34.9 Å². The Balaban J connectivity index is 3.86. The van der Waals surface area contributed by atoms with Gasteiger partial charge in [0.2, 0.25) is 0 Å². The van der Waals surface area contributed by atoms with E-state index in [2.05, 4.69) is 33.0 Å². The predicted octanol–water partition coefficient (Wildman–Crippen LogP) is 2.95. The minimum absolute atomic E-state index is 0.484. The molecule has 0 aromatic rings. The zero-order valence-corrected chi connectivity index (χ0v) is 12.4. The standard InChI is InChI=1S/C13H29NOS/c1-6-11(3)10-13(7-2)14-12(4)8-9-16(5)15/h11-14H,6-10H2,1-5H3.